The number of hydrogen-bond acceptors (Lipinski definition) is 2. The highest BCUT2D eigenvalue weighted by atomic mass is 16.1. The largest absolute Gasteiger partial charge is 0.294 e. The molecule has 1 saturated carbocycles. The van der Waals surface area contributed by atoms with Crippen LogP contribution in [0, 0.1) is 0 Å². The molecule has 2 rings (SSSR count). The first-order valence-corrected chi connectivity index (χ1v) is 5.99. The van der Waals surface area contributed by atoms with Gasteiger partial charge in [-0.1, -0.05) is 25.8 Å². The third kappa shape index (κ3) is 2.60. The highest BCUT2D eigenvalue weighted by molar-refractivity contribution is 5.90. The zero-order chi connectivity index (χ0) is 11.4. The molecule has 3 heteroatoms. The molecule has 0 aliphatic heterocycles. The molecular weight excluding hydrogens is 200 g/mol. The van der Waals surface area contributed by atoms with Crippen LogP contribution < -0.4 is 0 Å². The minimum absolute atomic E-state index is 0.0360. The maximum absolute atomic E-state index is 11.2. The number of aromatic nitrogens is 2. The van der Waals surface area contributed by atoms with Crippen molar-refractivity contribution in [2.75, 3.05) is 0 Å². The Morgan fingerprint density at radius 1 is 1.50 bits per heavy atom. The molecular formula is C13H18N2O. The van der Waals surface area contributed by atoms with Crippen molar-refractivity contribution in [2.24, 2.45) is 0 Å². The first kappa shape index (κ1) is 11.1. The van der Waals surface area contributed by atoms with Gasteiger partial charge in [0, 0.05) is 6.20 Å². The second-order valence-electron chi connectivity index (χ2n) is 4.43. The van der Waals surface area contributed by atoms with Gasteiger partial charge in [0.1, 0.15) is 0 Å². The average Bonchev–Trinajstić information content (AvgIpc) is 2.78. The van der Waals surface area contributed by atoms with Gasteiger partial charge in [-0.15, -0.1) is 0 Å². The van der Waals surface area contributed by atoms with E-state index in [0.717, 1.165) is 5.69 Å². The van der Waals surface area contributed by atoms with E-state index in [-0.39, 0.29) is 5.78 Å². The lowest BCUT2D eigenvalue weighted by Gasteiger charge is -2.21. The Morgan fingerprint density at radius 3 is 2.94 bits per heavy atom. The molecule has 1 aromatic rings. The van der Waals surface area contributed by atoms with Crippen LogP contribution in [0.3, 0.4) is 0 Å². The van der Waals surface area contributed by atoms with E-state index >= 15 is 0 Å². The molecule has 0 aromatic carbocycles. The standard InChI is InChI=1S/C13H18N2O/c1-2-13(16)10-11-8-9-15(14-11)12-6-4-3-5-7-12/h2,8-9,12H,1,3-7,10H2. The third-order valence-corrected chi connectivity index (χ3v) is 3.20. The minimum atomic E-state index is 0.0360. The molecule has 0 spiro atoms. The third-order valence-electron chi connectivity index (χ3n) is 3.20. The van der Waals surface area contributed by atoms with Gasteiger partial charge in [-0.3, -0.25) is 9.48 Å². The van der Waals surface area contributed by atoms with Gasteiger partial charge in [-0.05, 0) is 25.0 Å². The van der Waals surface area contributed by atoms with Crippen molar-refractivity contribution >= 4 is 5.78 Å². The Hall–Kier alpha value is -1.38. The van der Waals surface area contributed by atoms with E-state index < -0.39 is 0 Å². The Morgan fingerprint density at radius 2 is 2.25 bits per heavy atom. The van der Waals surface area contributed by atoms with Gasteiger partial charge in [-0.25, -0.2) is 0 Å². The van der Waals surface area contributed by atoms with E-state index in [0.29, 0.717) is 12.5 Å². The number of hydrogen-bond donors (Lipinski definition) is 0. The molecule has 0 saturated heterocycles. The van der Waals surface area contributed by atoms with E-state index in [1.165, 1.54) is 38.2 Å². The fourth-order valence-electron chi connectivity index (χ4n) is 2.27. The fraction of sp³-hybridized carbons (Fsp3) is 0.538. The summed E-state index contributed by atoms with van der Waals surface area (Å²) in [5, 5.41) is 4.47. The van der Waals surface area contributed by atoms with Crippen molar-refractivity contribution in [1.82, 2.24) is 9.78 Å². The van der Waals surface area contributed by atoms with Crippen LogP contribution in [-0.2, 0) is 11.2 Å². The topological polar surface area (TPSA) is 34.9 Å². The molecule has 0 amide bonds. The predicted octanol–water partition coefficient (Wildman–Crippen LogP) is 2.69. The Balaban J connectivity index is 2.00. The number of carbonyl (C=O) groups excluding carboxylic acids is 1. The van der Waals surface area contributed by atoms with Crippen LogP contribution in [0.4, 0.5) is 0 Å². The fourth-order valence-corrected chi connectivity index (χ4v) is 2.27. The van der Waals surface area contributed by atoms with Gasteiger partial charge in [0.25, 0.3) is 0 Å². The van der Waals surface area contributed by atoms with Crippen LogP contribution >= 0.6 is 0 Å². The quantitative estimate of drug-likeness (QED) is 0.728. The van der Waals surface area contributed by atoms with Crippen LogP contribution in [0.1, 0.15) is 43.8 Å². The molecule has 1 aliphatic carbocycles. The van der Waals surface area contributed by atoms with Crippen molar-refractivity contribution in [3.05, 3.63) is 30.6 Å². The second-order valence-corrected chi connectivity index (χ2v) is 4.43. The molecule has 1 fully saturated rings. The maximum Gasteiger partial charge on any atom is 0.161 e. The van der Waals surface area contributed by atoms with E-state index in [2.05, 4.69) is 11.7 Å². The van der Waals surface area contributed by atoms with E-state index in [1.807, 2.05) is 16.9 Å². The first-order chi connectivity index (χ1) is 7.79. The molecule has 0 atom stereocenters. The second kappa shape index (κ2) is 5.10. The SMILES string of the molecule is C=CC(=O)Cc1ccn(C2CCCCC2)n1. The molecule has 3 nitrogen and oxygen atoms in total. The van der Waals surface area contributed by atoms with Crippen LogP contribution in [0.5, 0.6) is 0 Å². The van der Waals surface area contributed by atoms with Gasteiger partial charge < -0.3 is 0 Å². The molecule has 1 aromatic heterocycles. The molecule has 0 bridgehead atoms. The van der Waals surface area contributed by atoms with Crippen molar-refractivity contribution < 1.29 is 4.79 Å². The minimum Gasteiger partial charge on any atom is -0.294 e. The Kier molecular flexibility index (Phi) is 3.54. The van der Waals surface area contributed by atoms with E-state index in [9.17, 15) is 4.79 Å². The zero-order valence-electron chi connectivity index (χ0n) is 9.56. The summed E-state index contributed by atoms with van der Waals surface area (Å²) in [6.45, 7) is 3.47. The highest BCUT2D eigenvalue weighted by Crippen LogP contribution is 2.27. The molecule has 1 heterocycles. The lowest BCUT2D eigenvalue weighted by molar-refractivity contribution is -0.114. The molecule has 0 unspecified atom stereocenters. The number of rotatable bonds is 4. The van der Waals surface area contributed by atoms with Crippen LogP contribution in [-0.4, -0.2) is 15.6 Å². The zero-order valence-corrected chi connectivity index (χ0v) is 9.56. The van der Waals surface area contributed by atoms with Gasteiger partial charge >= 0.3 is 0 Å². The molecule has 0 radical (unpaired) electrons. The van der Waals surface area contributed by atoms with Crippen molar-refractivity contribution in [3.8, 4) is 0 Å². The highest BCUT2D eigenvalue weighted by Gasteiger charge is 2.16. The monoisotopic (exact) mass is 218 g/mol. The lowest BCUT2D eigenvalue weighted by Crippen LogP contribution is -2.13. The molecule has 86 valence electrons. The lowest BCUT2D eigenvalue weighted by atomic mass is 9.96. The maximum atomic E-state index is 11.2. The summed E-state index contributed by atoms with van der Waals surface area (Å²) < 4.78 is 2.03. The van der Waals surface area contributed by atoms with Gasteiger partial charge in [-0.2, -0.15) is 5.10 Å². The summed E-state index contributed by atoms with van der Waals surface area (Å²) in [5.74, 6) is 0.0360. The smallest absolute Gasteiger partial charge is 0.161 e. The average molecular weight is 218 g/mol. The van der Waals surface area contributed by atoms with Gasteiger partial charge in [0.2, 0.25) is 0 Å². The summed E-state index contributed by atoms with van der Waals surface area (Å²) >= 11 is 0. The van der Waals surface area contributed by atoms with E-state index in [4.69, 9.17) is 0 Å². The predicted molar refractivity (Wildman–Crippen MR) is 63.3 cm³/mol. The van der Waals surface area contributed by atoms with Crippen molar-refractivity contribution in [3.63, 3.8) is 0 Å². The number of ketones is 1. The van der Waals surface area contributed by atoms with Crippen molar-refractivity contribution in [2.45, 2.75) is 44.6 Å². The Labute approximate surface area is 96.2 Å². The number of allylic oxidation sites excluding steroid dienone is 1. The molecule has 1 aliphatic rings. The van der Waals surface area contributed by atoms with Gasteiger partial charge in [0.05, 0.1) is 18.2 Å². The summed E-state index contributed by atoms with van der Waals surface area (Å²) in [6, 6.07) is 2.48. The number of nitrogens with zero attached hydrogens (tertiary/aromatic N) is 2. The summed E-state index contributed by atoms with van der Waals surface area (Å²) in [7, 11) is 0. The number of carbonyl (C=O) groups is 1. The molecule has 0 N–H and O–H groups in total. The van der Waals surface area contributed by atoms with Crippen LogP contribution in [0.2, 0.25) is 0 Å². The van der Waals surface area contributed by atoms with Crippen molar-refractivity contribution in [1.29, 1.82) is 0 Å². The Bertz CT molecular complexity index is 375. The summed E-state index contributed by atoms with van der Waals surface area (Å²) in [5.41, 5.74) is 0.857. The van der Waals surface area contributed by atoms with Crippen LogP contribution in [0.15, 0.2) is 24.9 Å². The summed E-state index contributed by atoms with van der Waals surface area (Å²) in [4.78, 5) is 11.2. The van der Waals surface area contributed by atoms with E-state index in [1.54, 1.807) is 0 Å². The normalized spacial score (nSPS) is 17.2. The summed E-state index contributed by atoms with van der Waals surface area (Å²) in [6.07, 6.45) is 10.1. The van der Waals surface area contributed by atoms with Crippen LogP contribution in [0.25, 0.3) is 0 Å². The first-order valence-electron chi connectivity index (χ1n) is 5.99. The van der Waals surface area contributed by atoms with Gasteiger partial charge in [0.15, 0.2) is 5.78 Å². The molecule has 16 heavy (non-hydrogen) atoms.